The molecule has 6 nitrogen and oxygen atoms in total. The highest BCUT2D eigenvalue weighted by molar-refractivity contribution is 6.32. The van der Waals surface area contributed by atoms with Crippen molar-refractivity contribution in [2.75, 3.05) is 5.32 Å². The van der Waals surface area contributed by atoms with Crippen molar-refractivity contribution in [3.63, 3.8) is 0 Å². The average molecular weight is 460 g/mol. The zero-order valence-corrected chi connectivity index (χ0v) is 16.2. The van der Waals surface area contributed by atoms with Crippen LogP contribution in [-0.2, 0) is 6.18 Å². The number of aromatic nitrogens is 2. The Labute approximate surface area is 176 Å². The van der Waals surface area contributed by atoms with Gasteiger partial charge in [-0.2, -0.15) is 18.3 Å². The van der Waals surface area contributed by atoms with Crippen LogP contribution in [-0.4, -0.2) is 22.0 Å². The highest BCUT2D eigenvalue weighted by atomic mass is 35.5. The number of hydrogen-bond acceptors (Lipinski definition) is 4. The van der Waals surface area contributed by atoms with Crippen molar-refractivity contribution in [1.29, 1.82) is 0 Å². The monoisotopic (exact) mass is 459 g/mol. The van der Waals surface area contributed by atoms with E-state index in [1.54, 1.807) is 0 Å². The number of nitrogens with one attached hydrogen (secondary N) is 1. The Morgan fingerprint density at radius 2 is 1.84 bits per heavy atom. The van der Waals surface area contributed by atoms with E-state index in [0.29, 0.717) is 0 Å². The summed E-state index contributed by atoms with van der Waals surface area (Å²) in [6.45, 7) is 1.36. The third-order valence-electron chi connectivity index (χ3n) is 4.32. The average Bonchev–Trinajstić information content (AvgIpc) is 3.16. The lowest BCUT2D eigenvalue weighted by atomic mass is 10.1. The Bertz CT molecular complexity index is 1190. The largest absolute Gasteiger partial charge is 0.586 e. The van der Waals surface area contributed by atoms with Crippen molar-refractivity contribution in [3.05, 3.63) is 64.4 Å². The van der Waals surface area contributed by atoms with E-state index >= 15 is 0 Å². The Hall–Kier alpha value is -3.34. The summed E-state index contributed by atoms with van der Waals surface area (Å²) in [6, 6.07) is 9.33. The molecule has 4 rings (SSSR count). The van der Waals surface area contributed by atoms with Gasteiger partial charge in [0.25, 0.3) is 5.91 Å². The topological polar surface area (TPSA) is 65.4 Å². The Morgan fingerprint density at radius 1 is 1.13 bits per heavy atom. The molecule has 0 bridgehead atoms. The van der Waals surface area contributed by atoms with Crippen LogP contribution in [0, 0.1) is 6.92 Å². The molecular weight excluding hydrogens is 449 g/mol. The van der Waals surface area contributed by atoms with E-state index in [9.17, 15) is 26.7 Å². The molecule has 162 valence electrons. The minimum Gasteiger partial charge on any atom is -0.395 e. The Kier molecular flexibility index (Phi) is 4.80. The molecule has 1 amide bonds. The minimum absolute atomic E-state index is 0.0447. The number of carbonyl (C=O) groups excluding carboxylic acids is 1. The van der Waals surface area contributed by atoms with Crippen molar-refractivity contribution >= 4 is 23.2 Å². The predicted octanol–water partition coefficient (Wildman–Crippen LogP) is 5.43. The molecule has 0 radical (unpaired) electrons. The summed E-state index contributed by atoms with van der Waals surface area (Å²) in [4.78, 5) is 12.6. The maximum Gasteiger partial charge on any atom is 0.586 e. The van der Waals surface area contributed by atoms with Gasteiger partial charge in [-0.25, -0.2) is 4.68 Å². The van der Waals surface area contributed by atoms with E-state index in [2.05, 4.69) is 19.9 Å². The number of amides is 1. The number of anilines is 1. The maximum absolute atomic E-state index is 13.1. The van der Waals surface area contributed by atoms with Crippen LogP contribution in [0.3, 0.4) is 0 Å². The molecule has 31 heavy (non-hydrogen) atoms. The molecule has 0 spiro atoms. The highest BCUT2D eigenvalue weighted by Crippen LogP contribution is 2.42. The van der Waals surface area contributed by atoms with Gasteiger partial charge >= 0.3 is 12.5 Å². The number of fused-ring (bicyclic) bond motifs is 1. The predicted molar refractivity (Wildman–Crippen MR) is 98.9 cm³/mol. The van der Waals surface area contributed by atoms with Gasteiger partial charge in [-0.3, -0.25) is 4.79 Å². The van der Waals surface area contributed by atoms with Crippen LogP contribution in [0.5, 0.6) is 11.5 Å². The second-order valence-electron chi connectivity index (χ2n) is 6.49. The van der Waals surface area contributed by atoms with E-state index in [4.69, 9.17) is 11.6 Å². The third-order valence-corrected chi connectivity index (χ3v) is 4.78. The number of halogens is 6. The fourth-order valence-electron chi connectivity index (χ4n) is 2.92. The van der Waals surface area contributed by atoms with Crippen LogP contribution >= 0.6 is 11.6 Å². The lowest BCUT2D eigenvalue weighted by Gasteiger charge is -2.09. The molecule has 0 saturated carbocycles. The van der Waals surface area contributed by atoms with Crippen LogP contribution in [0.15, 0.2) is 42.5 Å². The summed E-state index contributed by atoms with van der Waals surface area (Å²) < 4.78 is 75.0. The molecule has 0 saturated heterocycles. The summed E-state index contributed by atoms with van der Waals surface area (Å²) in [5.41, 5.74) is -0.789. The van der Waals surface area contributed by atoms with Crippen LogP contribution in [0.1, 0.15) is 21.7 Å². The molecule has 12 heteroatoms. The lowest BCUT2D eigenvalue weighted by Crippen LogP contribution is -2.25. The molecule has 0 unspecified atom stereocenters. The molecule has 0 fully saturated rings. The van der Waals surface area contributed by atoms with Crippen LogP contribution < -0.4 is 14.8 Å². The Balaban J connectivity index is 1.59. The summed E-state index contributed by atoms with van der Waals surface area (Å²) >= 11 is 5.77. The smallest absolute Gasteiger partial charge is 0.395 e. The highest BCUT2D eigenvalue weighted by Gasteiger charge is 2.43. The second-order valence-corrected chi connectivity index (χ2v) is 6.87. The number of alkyl halides is 5. The number of hydrogen-bond donors (Lipinski definition) is 1. The minimum atomic E-state index is -4.74. The van der Waals surface area contributed by atoms with Gasteiger partial charge in [-0.1, -0.05) is 17.7 Å². The van der Waals surface area contributed by atoms with E-state index in [-0.39, 0.29) is 34.1 Å². The van der Waals surface area contributed by atoms with Crippen molar-refractivity contribution in [2.45, 2.75) is 19.4 Å². The molecular formula is C19H11ClF5N3O3. The second kappa shape index (κ2) is 7.12. The molecule has 2 heterocycles. The first-order chi connectivity index (χ1) is 14.4. The van der Waals surface area contributed by atoms with E-state index in [1.807, 2.05) is 0 Å². The molecule has 2 aromatic carbocycles. The first-order valence-corrected chi connectivity index (χ1v) is 8.96. The third kappa shape index (κ3) is 4.00. The standard InChI is InChI=1S/C19H11ClF5N3O3/c1-9-15(20)16(18(21,22)23)27-28(9)12-4-2-3-10(7-12)17(29)26-11-5-6-13-14(8-11)31-19(24,25)30-13/h2-8H,1H3,(H,26,29). The van der Waals surface area contributed by atoms with Crippen LogP contribution in [0.2, 0.25) is 5.02 Å². The number of ether oxygens (including phenoxy) is 2. The zero-order chi connectivity index (χ0) is 22.6. The van der Waals surface area contributed by atoms with E-state index in [0.717, 1.165) is 10.7 Å². The quantitative estimate of drug-likeness (QED) is 0.531. The fourth-order valence-corrected chi connectivity index (χ4v) is 3.15. The molecule has 0 atom stereocenters. The number of rotatable bonds is 3. The summed E-state index contributed by atoms with van der Waals surface area (Å²) in [5, 5.41) is 5.47. The van der Waals surface area contributed by atoms with Gasteiger partial charge in [-0.05, 0) is 37.3 Å². The normalized spacial score (nSPS) is 14.5. The lowest BCUT2D eigenvalue weighted by molar-refractivity contribution is -0.286. The maximum atomic E-state index is 13.1. The van der Waals surface area contributed by atoms with Crippen LogP contribution in [0.25, 0.3) is 5.69 Å². The molecule has 1 aliphatic rings. The van der Waals surface area contributed by atoms with Gasteiger partial charge in [-0.15, -0.1) is 8.78 Å². The van der Waals surface area contributed by atoms with Gasteiger partial charge in [0.2, 0.25) is 0 Å². The fraction of sp³-hybridized carbons (Fsp3) is 0.158. The van der Waals surface area contributed by atoms with Gasteiger partial charge < -0.3 is 14.8 Å². The first kappa shape index (κ1) is 20.9. The molecule has 3 aromatic rings. The summed E-state index contributed by atoms with van der Waals surface area (Å²) in [7, 11) is 0. The number of carbonyl (C=O) groups is 1. The molecule has 1 aromatic heterocycles. The van der Waals surface area contributed by atoms with Crippen molar-refractivity contribution in [3.8, 4) is 17.2 Å². The van der Waals surface area contributed by atoms with E-state index < -0.39 is 29.1 Å². The van der Waals surface area contributed by atoms with Gasteiger partial charge in [0, 0.05) is 17.3 Å². The van der Waals surface area contributed by atoms with E-state index in [1.165, 1.54) is 43.3 Å². The van der Waals surface area contributed by atoms with Crippen LogP contribution in [0.4, 0.5) is 27.6 Å². The van der Waals surface area contributed by atoms with Crippen molar-refractivity contribution < 1.29 is 36.2 Å². The van der Waals surface area contributed by atoms with Crippen molar-refractivity contribution in [1.82, 2.24) is 9.78 Å². The molecule has 0 aliphatic carbocycles. The number of benzene rings is 2. The summed E-state index contributed by atoms with van der Waals surface area (Å²) in [6.07, 6.45) is -8.53. The summed E-state index contributed by atoms with van der Waals surface area (Å²) in [5.74, 6) is -1.08. The van der Waals surface area contributed by atoms with Crippen molar-refractivity contribution in [2.24, 2.45) is 0 Å². The first-order valence-electron chi connectivity index (χ1n) is 8.58. The molecule has 1 N–H and O–H groups in total. The van der Waals surface area contributed by atoms with Gasteiger partial charge in [0.05, 0.1) is 16.4 Å². The number of nitrogens with zero attached hydrogens (tertiary/aromatic N) is 2. The SMILES string of the molecule is Cc1c(Cl)c(C(F)(F)F)nn1-c1cccc(C(=O)Nc2ccc3c(c2)OC(F)(F)O3)c1. The van der Waals surface area contributed by atoms with Gasteiger partial charge in [0.1, 0.15) is 0 Å². The zero-order valence-electron chi connectivity index (χ0n) is 15.4. The molecule has 1 aliphatic heterocycles. The van der Waals surface area contributed by atoms with Gasteiger partial charge in [0.15, 0.2) is 17.2 Å². The Morgan fingerprint density at radius 3 is 2.52 bits per heavy atom.